The van der Waals surface area contributed by atoms with Crippen LogP contribution in [0.25, 0.3) is 10.6 Å². The summed E-state index contributed by atoms with van der Waals surface area (Å²) in [7, 11) is 0. The lowest BCUT2D eigenvalue weighted by atomic mass is 9.92. The molecule has 0 radical (unpaired) electrons. The van der Waals surface area contributed by atoms with Crippen molar-refractivity contribution in [2.24, 2.45) is 0 Å². The molecular weight excluding hydrogens is 463 g/mol. The summed E-state index contributed by atoms with van der Waals surface area (Å²) in [4.78, 5) is 30.0. The largest absolute Gasteiger partial charge is 0.350 e. The van der Waals surface area contributed by atoms with Gasteiger partial charge in [0.25, 0.3) is 5.91 Å². The fraction of sp³-hybridized carbons (Fsp3) is 0.370. The molecule has 1 aliphatic carbocycles. The fourth-order valence-corrected chi connectivity index (χ4v) is 5.58. The van der Waals surface area contributed by atoms with E-state index in [9.17, 15) is 14.0 Å². The lowest BCUT2D eigenvalue weighted by Gasteiger charge is -2.43. The molecule has 8 heteroatoms. The van der Waals surface area contributed by atoms with Crippen molar-refractivity contribution >= 4 is 23.2 Å². The predicted molar refractivity (Wildman–Crippen MR) is 134 cm³/mol. The molecule has 6 nitrogen and oxygen atoms in total. The Morgan fingerprint density at radius 1 is 1.23 bits per heavy atom. The number of hydrogen-bond donors (Lipinski definition) is 1. The molecule has 0 saturated carbocycles. The molecule has 3 aromatic rings. The molecule has 0 bridgehead atoms. The number of nitrogens with zero attached hydrogens (tertiary/aromatic N) is 3. The number of allylic oxidation sites excluding steroid dienone is 1. The Labute approximate surface area is 208 Å². The van der Waals surface area contributed by atoms with E-state index in [2.05, 4.69) is 16.5 Å². The third kappa shape index (κ3) is 4.80. The molecule has 0 unspecified atom stereocenters. The Balaban J connectivity index is 1.42. The highest BCUT2D eigenvalue weighted by atomic mass is 32.1. The number of aromatic nitrogens is 2. The molecule has 1 atom stereocenters. The summed E-state index contributed by atoms with van der Waals surface area (Å²) in [6.45, 7) is 2.82. The van der Waals surface area contributed by atoms with Crippen LogP contribution in [-0.2, 0) is 17.9 Å². The lowest BCUT2D eigenvalue weighted by molar-refractivity contribution is -0.133. The number of carbonyl (C=O) groups is 2. The van der Waals surface area contributed by atoms with Crippen molar-refractivity contribution in [3.63, 3.8) is 0 Å². The van der Waals surface area contributed by atoms with Gasteiger partial charge in [-0.3, -0.25) is 14.3 Å². The molecule has 2 aromatic heterocycles. The van der Waals surface area contributed by atoms with Gasteiger partial charge in [-0.05, 0) is 74.2 Å². The van der Waals surface area contributed by atoms with Gasteiger partial charge in [0.1, 0.15) is 22.7 Å². The Kier molecular flexibility index (Phi) is 6.56. The number of amides is 2. The first kappa shape index (κ1) is 23.5. The first-order chi connectivity index (χ1) is 16.9. The van der Waals surface area contributed by atoms with Crippen LogP contribution in [0.2, 0.25) is 0 Å². The van der Waals surface area contributed by atoms with E-state index >= 15 is 0 Å². The van der Waals surface area contributed by atoms with Crippen LogP contribution < -0.4 is 5.32 Å². The molecule has 2 aliphatic rings. The van der Waals surface area contributed by atoms with E-state index in [0.29, 0.717) is 12.2 Å². The number of thiophene rings is 1. The first-order valence-electron chi connectivity index (χ1n) is 12.1. The highest BCUT2D eigenvalue weighted by Crippen LogP contribution is 2.32. The van der Waals surface area contributed by atoms with Crippen LogP contribution in [0.4, 0.5) is 4.39 Å². The monoisotopic (exact) mass is 492 g/mol. The number of hydrogen-bond acceptors (Lipinski definition) is 4. The predicted octanol–water partition coefficient (Wildman–Crippen LogP) is 5.17. The normalized spacial score (nSPS) is 19.9. The average Bonchev–Trinajstić information content (AvgIpc) is 3.54. The molecule has 2 amide bonds. The number of nitrogens with one attached hydrogen (secondary N) is 1. The maximum absolute atomic E-state index is 13.7. The number of rotatable bonds is 7. The SMILES string of the molecule is C[C@@]1(C(=O)NCc2ccc(F)cc2)Cn2nc(-c3cccs3)cc2C(=O)N1CCC1=CCCCC1. The van der Waals surface area contributed by atoms with Gasteiger partial charge in [0, 0.05) is 13.1 Å². The van der Waals surface area contributed by atoms with E-state index in [4.69, 9.17) is 0 Å². The Morgan fingerprint density at radius 3 is 2.77 bits per heavy atom. The van der Waals surface area contributed by atoms with E-state index < -0.39 is 5.54 Å². The number of benzene rings is 1. The van der Waals surface area contributed by atoms with Gasteiger partial charge < -0.3 is 10.2 Å². The molecular formula is C27H29FN4O2S. The zero-order valence-electron chi connectivity index (χ0n) is 19.8. The summed E-state index contributed by atoms with van der Waals surface area (Å²) in [5.41, 5.74) is 2.31. The van der Waals surface area contributed by atoms with Crippen molar-refractivity contribution in [1.82, 2.24) is 20.0 Å². The van der Waals surface area contributed by atoms with Crippen molar-refractivity contribution in [1.29, 1.82) is 0 Å². The van der Waals surface area contributed by atoms with E-state index in [1.54, 1.807) is 33.1 Å². The van der Waals surface area contributed by atoms with Crippen LogP contribution in [0, 0.1) is 5.82 Å². The second kappa shape index (κ2) is 9.77. The minimum Gasteiger partial charge on any atom is -0.350 e. The quantitative estimate of drug-likeness (QED) is 0.463. The van der Waals surface area contributed by atoms with Gasteiger partial charge in [-0.2, -0.15) is 5.10 Å². The Hall–Kier alpha value is -3.26. The van der Waals surface area contributed by atoms with Gasteiger partial charge in [-0.15, -0.1) is 11.3 Å². The topological polar surface area (TPSA) is 67.2 Å². The van der Waals surface area contributed by atoms with Crippen molar-refractivity contribution in [2.75, 3.05) is 6.54 Å². The second-order valence-electron chi connectivity index (χ2n) is 9.45. The summed E-state index contributed by atoms with van der Waals surface area (Å²) in [5.74, 6) is -0.741. The maximum Gasteiger partial charge on any atom is 0.273 e. The zero-order chi connectivity index (χ0) is 24.4. The molecule has 1 aliphatic heterocycles. The molecule has 35 heavy (non-hydrogen) atoms. The molecule has 182 valence electrons. The summed E-state index contributed by atoms with van der Waals surface area (Å²) >= 11 is 1.57. The van der Waals surface area contributed by atoms with Crippen molar-refractivity contribution < 1.29 is 14.0 Å². The third-order valence-corrected chi connectivity index (χ3v) is 7.86. The van der Waals surface area contributed by atoms with Gasteiger partial charge >= 0.3 is 0 Å². The van der Waals surface area contributed by atoms with Crippen molar-refractivity contribution in [3.05, 3.63) is 76.6 Å². The van der Waals surface area contributed by atoms with Crippen LogP contribution in [0.5, 0.6) is 0 Å². The van der Waals surface area contributed by atoms with Gasteiger partial charge in [-0.25, -0.2) is 4.39 Å². The molecule has 0 saturated heterocycles. The number of halogens is 1. The lowest BCUT2D eigenvalue weighted by Crippen LogP contribution is -2.64. The van der Waals surface area contributed by atoms with Gasteiger partial charge in [0.05, 0.1) is 11.4 Å². The summed E-state index contributed by atoms with van der Waals surface area (Å²) < 4.78 is 14.9. The summed E-state index contributed by atoms with van der Waals surface area (Å²) in [6, 6.07) is 11.8. The van der Waals surface area contributed by atoms with Gasteiger partial charge in [0.15, 0.2) is 0 Å². The highest BCUT2D eigenvalue weighted by molar-refractivity contribution is 7.13. The minimum absolute atomic E-state index is 0.178. The molecule has 1 aromatic carbocycles. The highest BCUT2D eigenvalue weighted by Gasteiger charge is 2.47. The van der Waals surface area contributed by atoms with E-state index in [1.807, 2.05) is 30.5 Å². The summed E-state index contributed by atoms with van der Waals surface area (Å²) in [5, 5.41) is 9.63. The van der Waals surface area contributed by atoms with E-state index in [1.165, 1.54) is 30.5 Å². The van der Waals surface area contributed by atoms with E-state index in [0.717, 1.165) is 35.4 Å². The third-order valence-electron chi connectivity index (χ3n) is 6.97. The van der Waals surface area contributed by atoms with Crippen molar-refractivity contribution in [3.8, 4) is 10.6 Å². The molecule has 0 spiro atoms. The molecule has 0 fully saturated rings. The summed E-state index contributed by atoms with van der Waals surface area (Å²) in [6.07, 6.45) is 7.56. The Morgan fingerprint density at radius 2 is 2.06 bits per heavy atom. The fourth-order valence-electron chi connectivity index (χ4n) is 4.90. The smallest absolute Gasteiger partial charge is 0.273 e. The van der Waals surface area contributed by atoms with Crippen LogP contribution >= 0.6 is 11.3 Å². The average molecular weight is 493 g/mol. The molecule has 5 rings (SSSR count). The van der Waals surface area contributed by atoms with Gasteiger partial charge in [0.2, 0.25) is 5.91 Å². The maximum atomic E-state index is 13.7. The van der Waals surface area contributed by atoms with Crippen LogP contribution in [0.15, 0.2) is 59.5 Å². The second-order valence-corrected chi connectivity index (χ2v) is 10.4. The standard InChI is InChI=1S/C27H29FN4O2S/c1-27(26(34)29-17-20-9-11-21(28)12-10-20)18-32-23(16-22(30-32)24-8-5-15-35-24)25(33)31(27)14-13-19-6-3-2-4-7-19/h5-6,8-12,15-16H,2-4,7,13-14,17-18H2,1H3,(H,29,34)/t27-/m0/s1. The number of carbonyl (C=O) groups excluding carboxylic acids is 2. The molecule has 3 heterocycles. The molecule has 1 N–H and O–H groups in total. The van der Waals surface area contributed by atoms with Crippen LogP contribution in [0.3, 0.4) is 0 Å². The Bertz CT molecular complexity index is 1250. The zero-order valence-corrected chi connectivity index (χ0v) is 20.6. The number of fused-ring (bicyclic) bond motifs is 1. The minimum atomic E-state index is -1.10. The first-order valence-corrected chi connectivity index (χ1v) is 13.0. The van der Waals surface area contributed by atoms with Crippen LogP contribution in [-0.4, -0.2) is 38.6 Å². The van der Waals surface area contributed by atoms with Crippen molar-refractivity contribution in [2.45, 2.75) is 57.7 Å². The van der Waals surface area contributed by atoms with E-state index in [-0.39, 0.29) is 30.7 Å². The van der Waals surface area contributed by atoms with Gasteiger partial charge in [-0.1, -0.05) is 29.8 Å². The van der Waals surface area contributed by atoms with Crippen LogP contribution in [0.1, 0.15) is 55.1 Å².